The molecule has 3 heterocycles. The number of pyridine rings is 1. The molecule has 1 N–H and O–H groups in total. The molecule has 0 radical (unpaired) electrons. The summed E-state index contributed by atoms with van der Waals surface area (Å²) >= 11 is 0. The van der Waals surface area contributed by atoms with Gasteiger partial charge in [-0.05, 0) is 50.6 Å². The summed E-state index contributed by atoms with van der Waals surface area (Å²) in [4.78, 5) is 9.51. The lowest BCUT2D eigenvalue weighted by Gasteiger charge is -2.37. The number of fused-ring (bicyclic) bond motifs is 1. The van der Waals surface area contributed by atoms with E-state index in [4.69, 9.17) is 4.74 Å². The molecule has 0 atom stereocenters. The van der Waals surface area contributed by atoms with Crippen LogP contribution in [0.4, 0.5) is 5.82 Å². The number of hydrogen-bond acceptors (Lipinski definition) is 6. The Hall–Kier alpha value is -1.38. The molecule has 0 unspecified atom stereocenters. The summed E-state index contributed by atoms with van der Waals surface area (Å²) < 4.78 is 31.3. The van der Waals surface area contributed by atoms with Crippen LogP contribution in [0.3, 0.4) is 0 Å². The summed E-state index contributed by atoms with van der Waals surface area (Å²) in [5.41, 5.74) is 1.29. The molecular formula is C20H32N4O3S. The molecule has 0 bridgehead atoms. The third-order valence-electron chi connectivity index (χ3n) is 6.34. The molecule has 156 valence electrons. The van der Waals surface area contributed by atoms with E-state index in [-0.39, 0.29) is 6.04 Å². The fourth-order valence-electron chi connectivity index (χ4n) is 4.74. The van der Waals surface area contributed by atoms with Gasteiger partial charge < -0.3 is 9.64 Å². The fraction of sp³-hybridized carbons (Fsp3) is 0.750. The number of hydrogen-bond donors (Lipinski definition) is 1. The second kappa shape index (κ2) is 8.55. The number of nitrogens with zero attached hydrogens (tertiary/aromatic N) is 3. The fourth-order valence-corrected chi connectivity index (χ4v) is 5.58. The van der Waals surface area contributed by atoms with Crippen LogP contribution in [0.2, 0.25) is 0 Å². The van der Waals surface area contributed by atoms with Gasteiger partial charge in [0.25, 0.3) is 0 Å². The minimum atomic E-state index is -3.08. The third-order valence-corrected chi connectivity index (χ3v) is 7.10. The first-order valence-electron chi connectivity index (χ1n) is 10.5. The number of sulfonamides is 1. The molecule has 3 aliphatic rings. The van der Waals surface area contributed by atoms with Gasteiger partial charge in [-0.2, -0.15) is 0 Å². The molecule has 0 amide bonds. The predicted molar refractivity (Wildman–Crippen MR) is 110 cm³/mol. The zero-order valence-electron chi connectivity index (χ0n) is 16.8. The number of anilines is 1. The smallest absolute Gasteiger partial charge is 0.208 e. The van der Waals surface area contributed by atoms with E-state index in [0.717, 1.165) is 88.9 Å². The van der Waals surface area contributed by atoms with Crippen molar-refractivity contribution in [1.29, 1.82) is 0 Å². The average Bonchev–Trinajstić information content (AvgIpc) is 3.16. The van der Waals surface area contributed by atoms with Crippen molar-refractivity contribution in [2.24, 2.45) is 5.92 Å². The lowest BCUT2D eigenvalue weighted by molar-refractivity contribution is 0.214. The van der Waals surface area contributed by atoms with Gasteiger partial charge in [0.05, 0.1) is 12.9 Å². The molecule has 4 rings (SSSR count). The van der Waals surface area contributed by atoms with Gasteiger partial charge in [0.1, 0.15) is 0 Å². The largest absolute Gasteiger partial charge is 0.489 e. The van der Waals surface area contributed by atoms with Crippen LogP contribution in [-0.2, 0) is 16.4 Å². The lowest BCUT2D eigenvalue weighted by Crippen LogP contribution is -2.47. The Bertz CT molecular complexity index is 770. The highest BCUT2D eigenvalue weighted by molar-refractivity contribution is 7.88. The van der Waals surface area contributed by atoms with Crippen LogP contribution in [-0.4, -0.2) is 69.9 Å². The molecule has 7 nitrogen and oxygen atoms in total. The first-order valence-corrected chi connectivity index (χ1v) is 12.4. The van der Waals surface area contributed by atoms with Crippen LogP contribution in [0.15, 0.2) is 12.3 Å². The summed E-state index contributed by atoms with van der Waals surface area (Å²) in [6, 6.07) is 2.21. The van der Waals surface area contributed by atoms with Gasteiger partial charge in [0.15, 0.2) is 11.6 Å². The van der Waals surface area contributed by atoms with Crippen molar-refractivity contribution in [3.05, 3.63) is 17.8 Å². The SMILES string of the molecule is CS(=O)(=O)N[C@H]1CC[C@H](CCN2CCN(c3nccc4c3OCC4)CC2)CC1. The topological polar surface area (TPSA) is 74.8 Å². The maximum Gasteiger partial charge on any atom is 0.208 e. The average molecular weight is 409 g/mol. The number of aromatic nitrogens is 1. The van der Waals surface area contributed by atoms with Gasteiger partial charge in [-0.25, -0.2) is 18.1 Å². The van der Waals surface area contributed by atoms with E-state index < -0.39 is 10.0 Å². The third kappa shape index (κ3) is 4.96. The summed E-state index contributed by atoms with van der Waals surface area (Å²) in [6.07, 6.45) is 9.57. The molecule has 0 spiro atoms. The number of nitrogens with one attached hydrogen (secondary N) is 1. The quantitative estimate of drug-likeness (QED) is 0.771. The second-order valence-corrected chi connectivity index (χ2v) is 10.2. The van der Waals surface area contributed by atoms with Crippen molar-refractivity contribution < 1.29 is 13.2 Å². The Balaban J connectivity index is 1.19. The number of piperazine rings is 1. The van der Waals surface area contributed by atoms with E-state index in [1.165, 1.54) is 18.2 Å². The summed E-state index contributed by atoms with van der Waals surface area (Å²) in [7, 11) is -3.08. The number of rotatable bonds is 6. The predicted octanol–water partition coefficient (Wildman–Crippen LogP) is 1.64. The van der Waals surface area contributed by atoms with E-state index in [2.05, 4.69) is 25.6 Å². The van der Waals surface area contributed by atoms with Gasteiger partial charge in [-0.1, -0.05) is 0 Å². The maximum atomic E-state index is 11.4. The van der Waals surface area contributed by atoms with Crippen LogP contribution < -0.4 is 14.4 Å². The Labute approximate surface area is 168 Å². The first-order chi connectivity index (χ1) is 13.5. The van der Waals surface area contributed by atoms with Crippen LogP contribution in [0.5, 0.6) is 5.75 Å². The minimum Gasteiger partial charge on any atom is -0.489 e. The van der Waals surface area contributed by atoms with Crippen LogP contribution >= 0.6 is 0 Å². The molecule has 2 aliphatic heterocycles. The van der Waals surface area contributed by atoms with Gasteiger partial charge in [-0.15, -0.1) is 0 Å². The highest BCUT2D eigenvalue weighted by atomic mass is 32.2. The number of ether oxygens (including phenoxy) is 1. The standard InChI is InChI=1S/C20H32N4O3S/c1-28(25,26)22-18-4-2-16(3-5-18)7-10-23-11-13-24(14-12-23)20-19-17(6-9-21-20)8-15-27-19/h6,9,16,18,22H,2-5,7-8,10-15H2,1H3/t16-,18-. The van der Waals surface area contributed by atoms with Crippen molar-refractivity contribution in [3.63, 3.8) is 0 Å². The highest BCUT2D eigenvalue weighted by Crippen LogP contribution is 2.34. The van der Waals surface area contributed by atoms with Crippen molar-refractivity contribution in [2.75, 3.05) is 50.5 Å². The Morgan fingerprint density at radius 2 is 1.93 bits per heavy atom. The molecular weight excluding hydrogens is 376 g/mol. The summed E-state index contributed by atoms with van der Waals surface area (Å²) in [5.74, 6) is 2.74. The zero-order valence-corrected chi connectivity index (χ0v) is 17.6. The molecule has 1 saturated heterocycles. The van der Waals surface area contributed by atoms with E-state index in [1.54, 1.807) is 0 Å². The molecule has 1 saturated carbocycles. The van der Waals surface area contributed by atoms with Gasteiger partial charge in [-0.3, -0.25) is 4.90 Å². The van der Waals surface area contributed by atoms with E-state index in [0.29, 0.717) is 0 Å². The van der Waals surface area contributed by atoms with Crippen molar-refractivity contribution in [1.82, 2.24) is 14.6 Å². The molecule has 2 fully saturated rings. The molecule has 28 heavy (non-hydrogen) atoms. The zero-order chi connectivity index (χ0) is 19.6. The molecule has 1 aromatic heterocycles. The van der Waals surface area contributed by atoms with Crippen LogP contribution in [0, 0.1) is 5.92 Å². The van der Waals surface area contributed by atoms with Crippen molar-refractivity contribution >= 4 is 15.8 Å². The van der Waals surface area contributed by atoms with Crippen molar-refractivity contribution in [3.8, 4) is 5.75 Å². The lowest BCUT2D eigenvalue weighted by atomic mass is 9.84. The minimum absolute atomic E-state index is 0.136. The summed E-state index contributed by atoms with van der Waals surface area (Å²) in [5, 5.41) is 0. The van der Waals surface area contributed by atoms with E-state index >= 15 is 0 Å². The molecule has 1 aliphatic carbocycles. The Morgan fingerprint density at radius 3 is 2.64 bits per heavy atom. The van der Waals surface area contributed by atoms with E-state index in [9.17, 15) is 8.42 Å². The van der Waals surface area contributed by atoms with Gasteiger partial charge in [0, 0.05) is 50.4 Å². The first kappa shape index (κ1) is 19.9. The van der Waals surface area contributed by atoms with Crippen LogP contribution in [0.1, 0.15) is 37.7 Å². The maximum absolute atomic E-state index is 11.4. The molecule has 1 aromatic rings. The highest BCUT2D eigenvalue weighted by Gasteiger charge is 2.26. The monoisotopic (exact) mass is 408 g/mol. The summed E-state index contributed by atoms with van der Waals surface area (Å²) in [6.45, 7) is 6.04. The normalized spacial score (nSPS) is 26.1. The van der Waals surface area contributed by atoms with Crippen LogP contribution in [0.25, 0.3) is 0 Å². The molecule has 0 aromatic carbocycles. The Kier molecular flexibility index (Phi) is 6.08. The molecule has 8 heteroatoms. The van der Waals surface area contributed by atoms with Crippen molar-refractivity contribution in [2.45, 2.75) is 44.6 Å². The second-order valence-electron chi connectivity index (χ2n) is 8.45. The van der Waals surface area contributed by atoms with Gasteiger partial charge >= 0.3 is 0 Å². The van der Waals surface area contributed by atoms with Gasteiger partial charge in [0.2, 0.25) is 10.0 Å². The van der Waals surface area contributed by atoms with E-state index in [1.807, 2.05) is 6.20 Å². The Morgan fingerprint density at radius 1 is 1.18 bits per heavy atom.